The fraction of sp³-hybridized carbons (Fsp3) is 0.444. The molecule has 1 atom stereocenters. The van der Waals surface area contributed by atoms with Gasteiger partial charge in [0.15, 0.2) is 6.17 Å². The Bertz CT molecular complexity index is 1000. The maximum Gasteiger partial charge on any atom is 0.411 e. The van der Waals surface area contributed by atoms with Crippen LogP contribution in [0, 0.1) is 5.82 Å². The second-order valence-corrected chi connectivity index (χ2v) is 7.28. The summed E-state index contributed by atoms with van der Waals surface area (Å²) in [4.78, 5) is 15.7. The van der Waals surface area contributed by atoms with E-state index in [1.807, 2.05) is 11.0 Å². The quantitative estimate of drug-likeness (QED) is 0.615. The zero-order valence-corrected chi connectivity index (χ0v) is 16.1. The van der Waals surface area contributed by atoms with Gasteiger partial charge in [-0.25, -0.2) is 18.5 Å². The molecule has 0 unspecified atom stereocenters. The Hall–Kier alpha value is -3.57. The van der Waals surface area contributed by atoms with Gasteiger partial charge in [-0.15, -0.1) is 10.2 Å². The Morgan fingerprint density at radius 2 is 2.00 bits per heavy atom. The summed E-state index contributed by atoms with van der Waals surface area (Å²) in [6.45, 7) is 2.09. The van der Waals surface area contributed by atoms with E-state index in [0.29, 0.717) is 37.5 Å². The van der Waals surface area contributed by atoms with Gasteiger partial charge in [-0.1, -0.05) is 11.3 Å². The molecule has 3 aromatic rings. The summed E-state index contributed by atoms with van der Waals surface area (Å²) in [7, 11) is 0. The number of amides is 1. The Balaban J connectivity index is 1.37. The largest absolute Gasteiger partial charge is 0.447 e. The average Bonchev–Trinajstić information content (AvgIpc) is 3.53. The molecular formula is C18H20FN9O2. The van der Waals surface area contributed by atoms with Gasteiger partial charge >= 0.3 is 6.09 Å². The van der Waals surface area contributed by atoms with E-state index in [9.17, 15) is 4.79 Å². The molecule has 0 saturated carbocycles. The van der Waals surface area contributed by atoms with Crippen LogP contribution in [0.2, 0.25) is 0 Å². The van der Waals surface area contributed by atoms with Crippen LogP contribution in [-0.4, -0.2) is 72.4 Å². The van der Waals surface area contributed by atoms with Gasteiger partial charge in [0.1, 0.15) is 18.8 Å². The van der Waals surface area contributed by atoms with Crippen LogP contribution in [0.3, 0.4) is 0 Å². The van der Waals surface area contributed by atoms with E-state index in [-0.39, 0.29) is 11.9 Å². The van der Waals surface area contributed by atoms with Crippen LogP contribution >= 0.6 is 0 Å². The lowest BCUT2D eigenvalue weighted by Gasteiger charge is -2.34. The minimum absolute atomic E-state index is 0.219. The van der Waals surface area contributed by atoms with Crippen LogP contribution in [0.25, 0.3) is 0 Å². The van der Waals surface area contributed by atoms with Gasteiger partial charge in [-0.3, -0.25) is 4.90 Å². The highest BCUT2D eigenvalue weighted by atomic mass is 19.1. The Kier molecular flexibility index (Phi) is 4.73. The fourth-order valence-corrected chi connectivity index (χ4v) is 4.10. The first-order valence-corrected chi connectivity index (χ1v) is 9.77. The smallest absolute Gasteiger partial charge is 0.411 e. The van der Waals surface area contributed by atoms with E-state index in [1.54, 1.807) is 23.3 Å². The van der Waals surface area contributed by atoms with Crippen LogP contribution in [-0.2, 0) is 4.74 Å². The molecule has 0 radical (unpaired) electrons. The lowest BCUT2D eigenvalue weighted by molar-refractivity contribution is 0.139. The zero-order chi connectivity index (χ0) is 20.5. The summed E-state index contributed by atoms with van der Waals surface area (Å²) in [5, 5.41) is 19.2. The third-order valence-corrected chi connectivity index (χ3v) is 5.59. The highest BCUT2D eigenvalue weighted by Gasteiger charge is 2.33. The maximum atomic E-state index is 15.1. The highest BCUT2D eigenvalue weighted by molar-refractivity contribution is 5.70. The SMILES string of the molecule is O=C1OCCN1[C@@H](c1ccc(N2CCC(n3cnnn3)CC2)c(F)c1)n1ccnn1. The molecule has 5 rings (SSSR count). The number of piperidine rings is 1. The fourth-order valence-electron chi connectivity index (χ4n) is 4.10. The van der Waals surface area contributed by atoms with Crippen LogP contribution in [0.15, 0.2) is 36.9 Å². The number of aromatic nitrogens is 7. The Morgan fingerprint density at radius 3 is 2.63 bits per heavy atom. The summed E-state index contributed by atoms with van der Waals surface area (Å²) in [5.74, 6) is -0.342. The summed E-state index contributed by atoms with van der Waals surface area (Å²) >= 11 is 0. The number of anilines is 1. The summed E-state index contributed by atoms with van der Waals surface area (Å²) in [6.07, 6.45) is 5.37. The number of carbonyl (C=O) groups is 1. The van der Waals surface area contributed by atoms with E-state index in [4.69, 9.17) is 4.74 Å². The van der Waals surface area contributed by atoms with E-state index < -0.39 is 12.3 Å². The first-order chi connectivity index (χ1) is 14.7. The molecule has 0 aliphatic carbocycles. The van der Waals surface area contributed by atoms with Gasteiger partial charge in [0.25, 0.3) is 0 Å². The molecule has 2 aromatic heterocycles. The lowest BCUT2D eigenvalue weighted by atomic mass is 10.0. The molecular weight excluding hydrogens is 393 g/mol. The number of hydrogen-bond acceptors (Lipinski definition) is 8. The molecule has 30 heavy (non-hydrogen) atoms. The molecule has 2 aliphatic rings. The van der Waals surface area contributed by atoms with Crippen molar-refractivity contribution in [2.24, 2.45) is 0 Å². The molecule has 1 aromatic carbocycles. The van der Waals surface area contributed by atoms with Crippen LogP contribution in [0.5, 0.6) is 0 Å². The number of rotatable bonds is 5. The number of hydrogen-bond donors (Lipinski definition) is 0. The minimum atomic E-state index is -0.614. The van der Waals surface area contributed by atoms with Gasteiger partial charge in [0.05, 0.1) is 24.5 Å². The van der Waals surface area contributed by atoms with Gasteiger partial charge in [0, 0.05) is 19.3 Å². The molecule has 2 fully saturated rings. The number of benzene rings is 1. The molecule has 1 amide bonds. The van der Waals surface area contributed by atoms with Crippen molar-refractivity contribution in [1.29, 1.82) is 0 Å². The predicted octanol–water partition coefficient (Wildman–Crippen LogP) is 1.24. The van der Waals surface area contributed by atoms with Crippen molar-refractivity contribution in [2.75, 3.05) is 31.1 Å². The number of tetrazole rings is 1. The Morgan fingerprint density at radius 1 is 1.13 bits per heavy atom. The number of nitrogens with zero attached hydrogens (tertiary/aromatic N) is 9. The molecule has 4 heterocycles. The number of halogens is 1. The van der Waals surface area contributed by atoms with Crippen molar-refractivity contribution in [3.63, 3.8) is 0 Å². The highest BCUT2D eigenvalue weighted by Crippen LogP contribution is 2.31. The number of ether oxygens (including phenoxy) is 1. The van der Waals surface area contributed by atoms with Crippen molar-refractivity contribution < 1.29 is 13.9 Å². The summed E-state index contributed by atoms with van der Waals surface area (Å²) in [5.41, 5.74) is 1.14. The van der Waals surface area contributed by atoms with Gasteiger partial charge in [-0.2, -0.15) is 0 Å². The van der Waals surface area contributed by atoms with Crippen molar-refractivity contribution >= 4 is 11.8 Å². The molecule has 2 aliphatic heterocycles. The Labute approximate surface area is 171 Å². The molecule has 0 bridgehead atoms. The average molecular weight is 413 g/mol. The van der Waals surface area contributed by atoms with Gasteiger partial charge in [-0.05, 0) is 41.0 Å². The van der Waals surface area contributed by atoms with Crippen molar-refractivity contribution in [3.8, 4) is 0 Å². The number of carbonyl (C=O) groups excluding carboxylic acids is 1. The van der Waals surface area contributed by atoms with Crippen LogP contribution < -0.4 is 4.90 Å². The predicted molar refractivity (Wildman–Crippen MR) is 101 cm³/mol. The van der Waals surface area contributed by atoms with Gasteiger partial charge < -0.3 is 9.64 Å². The monoisotopic (exact) mass is 413 g/mol. The number of cyclic esters (lactones) is 1. The topological polar surface area (TPSA) is 107 Å². The van der Waals surface area contributed by atoms with Gasteiger partial charge in [0.2, 0.25) is 0 Å². The second-order valence-electron chi connectivity index (χ2n) is 7.28. The molecule has 2 saturated heterocycles. The third kappa shape index (κ3) is 3.33. The summed E-state index contributed by atoms with van der Waals surface area (Å²) in [6, 6.07) is 5.26. The van der Waals surface area contributed by atoms with Crippen molar-refractivity contribution in [2.45, 2.75) is 25.0 Å². The first-order valence-electron chi connectivity index (χ1n) is 9.77. The second kappa shape index (κ2) is 7.69. The van der Waals surface area contributed by atoms with Crippen molar-refractivity contribution in [1.82, 2.24) is 40.1 Å². The summed E-state index contributed by atoms with van der Waals surface area (Å²) < 4.78 is 23.5. The van der Waals surface area contributed by atoms with Crippen LogP contribution in [0.4, 0.5) is 14.9 Å². The molecule has 12 heteroatoms. The molecule has 0 N–H and O–H groups in total. The van der Waals surface area contributed by atoms with E-state index >= 15 is 4.39 Å². The van der Waals surface area contributed by atoms with Crippen molar-refractivity contribution in [3.05, 3.63) is 48.3 Å². The standard InChI is InChI=1S/C18H20FN9O2/c19-15-11-13(17(27-8-5-20-23-27)26-9-10-30-18(26)29)1-2-16(15)25-6-3-14(4-7-25)28-12-21-22-24-28/h1-2,5,8,11-12,14,17H,3-4,6-7,9-10H2/t17-/m1/s1. The first kappa shape index (κ1) is 18.5. The van der Waals surface area contributed by atoms with E-state index in [2.05, 4.69) is 25.8 Å². The minimum Gasteiger partial charge on any atom is -0.447 e. The lowest BCUT2D eigenvalue weighted by Crippen LogP contribution is -2.36. The normalized spacial score (nSPS) is 18.6. The maximum absolute atomic E-state index is 15.1. The zero-order valence-electron chi connectivity index (χ0n) is 16.1. The van der Waals surface area contributed by atoms with E-state index in [0.717, 1.165) is 12.8 Å². The van der Waals surface area contributed by atoms with Crippen LogP contribution in [0.1, 0.15) is 30.6 Å². The molecule has 156 valence electrons. The molecule has 0 spiro atoms. The van der Waals surface area contributed by atoms with E-state index in [1.165, 1.54) is 21.8 Å². The molecule has 11 nitrogen and oxygen atoms in total. The third-order valence-electron chi connectivity index (χ3n) is 5.59.